The highest BCUT2D eigenvalue weighted by Gasteiger charge is 2.13. The molecule has 0 aromatic heterocycles. The predicted molar refractivity (Wildman–Crippen MR) is 72.9 cm³/mol. The van der Waals surface area contributed by atoms with E-state index in [1.807, 2.05) is 26.1 Å². The molecular weight excluding hydrogens is 238 g/mol. The molecule has 0 aliphatic rings. The Morgan fingerprint density at radius 3 is 2.47 bits per heavy atom. The van der Waals surface area contributed by atoms with Crippen molar-refractivity contribution in [2.75, 3.05) is 38.6 Å². The van der Waals surface area contributed by atoms with Crippen LogP contribution in [0.2, 0.25) is 0 Å². The van der Waals surface area contributed by atoms with Crippen LogP contribution < -0.4 is 14.4 Å². The average Bonchev–Trinajstić information content (AvgIpc) is 2.35. The van der Waals surface area contributed by atoms with Crippen molar-refractivity contribution in [3.05, 3.63) is 17.7 Å². The third-order valence-corrected chi connectivity index (χ3v) is 3.07. The van der Waals surface area contributed by atoms with E-state index in [1.165, 1.54) is 0 Å². The Bertz CT molecular complexity index is 369. The smallest absolute Gasteiger partial charge is 0.148 e. The number of benzene rings is 1. The summed E-state index contributed by atoms with van der Waals surface area (Å²) in [7, 11) is 5.38. The number of halogens is 1. The first-order valence-corrected chi connectivity index (χ1v) is 6.17. The van der Waals surface area contributed by atoms with Gasteiger partial charge in [0.05, 0.1) is 19.9 Å². The molecule has 1 aromatic rings. The molecule has 0 aliphatic heterocycles. The number of ether oxygens (including phenoxy) is 2. The van der Waals surface area contributed by atoms with Crippen molar-refractivity contribution in [2.45, 2.75) is 13.3 Å². The van der Waals surface area contributed by atoms with E-state index < -0.39 is 0 Å². The van der Waals surface area contributed by atoms with Gasteiger partial charge in [0.15, 0.2) is 0 Å². The first-order chi connectivity index (χ1) is 8.15. The van der Waals surface area contributed by atoms with Gasteiger partial charge in [-0.2, -0.15) is 0 Å². The molecule has 0 atom stereocenters. The average molecular weight is 258 g/mol. The van der Waals surface area contributed by atoms with Gasteiger partial charge in [-0.3, -0.25) is 0 Å². The Kier molecular flexibility index (Phi) is 5.42. The van der Waals surface area contributed by atoms with Gasteiger partial charge >= 0.3 is 0 Å². The summed E-state index contributed by atoms with van der Waals surface area (Å²) < 4.78 is 10.7. The molecule has 0 fully saturated rings. The minimum atomic E-state index is 0.668. The highest BCUT2D eigenvalue weighted by atomic mass is 35.5. The summed E-state index contributed by atoms with van der Waals surface area (Å²) in [6, 6.07) is 3.98. The fourth-order valence-electron chi connectivity index (χ4n) is 1.86. The van der Waals surface area contributed by atoms with E-state index in [0.717, 1.165) is 35.7 Å². The molecule has 0 saturated carbocycles. The molecule has 0 bridgehead atoms. The summed E-state index contributed by atoms with van der Waals surface area (Å²) in [6.07, 6.45) is 0.951. The fraction of sp³-hybridized carbons (Fsp3) is 0.538. The van der Waals surface area contributed by atoms with Gasteiger partial charge in [-0.15, -0.1) is 11.6 Å². The molecule has 0 amide bonds. The largest absolute Gasteiger partial charge is 0.496 e. The molecule has 4 heteroatoms. The van der Waals surface area contributed by atoms with Crippen molar-refractivity contribution in [3.63, 3.8) is 0 Å². The van der Waals surface area contributed by atoms with Gasteiger partial charge in [0.2, 0.25) is 0 Å². The Morgan fingerprint density at radius 2 is 1.94 bits per heavy atom. The van der Waals surface area contributed by atoms with E-state index in [2.05, 4.69) is 4.90 Å². The summed E-state index contributed by atoms with van der Waals surface area (Å²) in [5, 5.41) is 0. The maximum absolute atomic E-state index is 5.71. The topological polar surface area (TPSA) is 21.7 Å². The molecule has 0 heterocycles. The van der Waals surface area contributed by atoms with Crippen LogP contribution in [0.3, 0.4) is 0 Å². The zero-order chi connectivity index (χ0) is 12.8. The van der Waals surface area contributed by atoms with Gasteiger partial charge in [-0.1, -0.05) is 0 Å². The van der Waals surface area contributed by atoms with Crippen LogP contribution in [-0.2, 0) is 0 Å². The standard InChI is InChI=1S/C13H20ClNO2/c1-10-12(16-3)7-6-11(13(10)17-4)15(2)9-5-8-14/h6-7H,5,8-9H2,1-4H3. The number of nitrogens with zero attached hydrogens (tertiary/aromatic N) is 1. The van der Waals surface area contributed by atoms with Gasteiger partial charge < -0.3 is 14.4 Å². The third kappa shape index (κ3) is 3.19. The summed E-state index contributed by atoms with van der Waals surface area (Å²) in [4.78, 5) is 2.15. The molecule has 0 radical (unpaired) electrons. The van der Waals surface area contributed by atoms with E-state index in [0.29, 0.717) is 5.88 Å². The van der Waals surface area contributed by atoms with Crippen LogP contribution in [0.1, 0.15) is 12.0 Å². The number of hydrogen-bond acceptors (Lipinski definition) is 3. The van der Waals surface area contributed by atoms with Gasteiger partial charge in [-0.05, 0) is 25.5 Å². The second-order valence-electron chi connectivity index (χ2n) is 3.91. The highest BCUT2D eigenvalue weighted by Crippen LogP contribution is 2.36. The number of hydrogen-bond donors (Lipinski definition) is 0. The van der Waals surface area contributed by atoms with Gasteiger partial charge in [-0.25, -0.2) is 0 Å². The predicted octanol–water partition coefficient (Wildman–Crippen LogP) is 3.08. The Hall–Kier alpha value is -1.09. The monoisotopic (exact) mass is 257 g/mol. The molecule has 96 valence electrons. The molecule has 0 N–H and O–H groups in total. The van der Waals surface area contributed by atoms with Crippen LogP contribution in [-0.4, -0.2) is 33.7 Å². The van der Waals surface area contributed by atoms with Crippen molar-refractivity contribution < 1.29 is 9.47 Å². The molecule has 1 rings (SSSR count). The lowest BCUT2D eigenvalue weighted by Crippen LogP contribution is -2.19. The van der Waals surface area contributed by atoms with Crippen molar-refractivity contribution in [1.82, 2.24) is 0 Å². The summed E-state index contributed by atoms with van der Waals surface area (Å²) in [5.41, 5.74) is 2.08. The summed E-state index contributed by atoms with van der Waals surface area (Å²) in [5.74, 6) is 2.37. The molecular formula is C13H20ClNO2. The van der Waals surface area contributed by atoms with E-state index in [1.54, 1.807) is 14.2 Å². The number of alkyl halides is 1. The maximum Gasteiger partial charge on any atom is 0.148 e. The first-order valence-electron chi connectivity index (χ1n) is 5.64. The minimum Gasteiger partial charge on any atom is -0.496 e. The van der Waals surface area contributed by atoms with Gasteiger partial charge in [0, 0.05) is 25.0 Å². The zero-order valence-corrected chi connectivity index (χ0v) is 11.7. The quantitative estimate of drug-likeness (QED) is 0.731. The zero-order valence-electron chi connectivity index (χ0n) is 10.9. The lowest BCUT2D eigenvalue weighted by atomic mass is 10.1. The normalized spacial score (nSPS) is 10.2. The number of methoxy groups -OCH3 is 2. The van der Waals surface area contributed by atoms with Gasteiger partial charge in [0.1, 0.15) is 11.5 Å². The molecule has 3 nitrogen and oxygen atoms in total. The summed E-state index contributed by atoms with van der Waals surface area (Å²) >= 11 is 5.71. The molecule has 17 heavy (non-hydrogen) atoms. The van der Waals surface area contributed by atoms with Gasteiger partial charge in [0.25, 0.3) is 0 Å². The highest BCUT2D eigenvalue weighted by molar-refractivity contribution is 6.17. The maximum atomic E-state index is 5.71. The van der Waals surface area contributed by atoms with Crippen molar-refractivity contribution in [3.8, 4) is 11.5 Å². The molecule has 1 aromatic carbocycles. The Balaban J connectivity index is 3.03. The van der Waals surface area contributed by atoms with Crippen LogP contribution in [0.5, 0.6) is 11.5 Å². The Labute approximate surface area is 108 Å². The third-order valence-electron chi connectivity index (χ3n) is 2.80. The van der Waals surface area contributed by atoms with E-state index in [4.69, 9.17) is 21.1 Å². The lowest BCUT2D eigenvalue weighted by molar-refractivity contribution is 0.389. The molecule has 0 spiro atoms. The lowest BCUT2D eigenvalue weighted by Gasteiger charge is -2.23. The second kappa shape index (κ2) is 6.60. The van der Waals surface area contributed by atoms with E-state index >= 15 is 0 Å². The van der Waals surface area contributed by atoms with Crippen LogP contribution in [0.4, 0.5) is 5.69 Å². The van der Waals surface area contributed by atoms with Crippen LogP contribution in [0.15, 0.2) is 12.1 Å². The minimum absolute atomic E-state index is 0.668. The Morgan fingerprint density at radius 1 is 1.24 bits per heavy atom. The van der Waals surface area contributed by atoms with E-state index in [9.17, 15) is 0 Å². The number of anilines is 1. The van der Waals surface area contributed by atoms with Crippen LogP contribution in [0.25, 0.3) is 0 Å². The van der Waals surface area contributed by atoms with E-state index in [-0.39, 0.29) is 0 Å². The van der Waals surface area contributed by atoms with Crippen molar-refractivity contribution in [1.29, 1.82) is 0 Å². The molecule has 0 unspecified atom stereocenters. The molecule has 0 aliphatic carbocycles. The van der Waals surface area contributed by atoms with Crippen molar-refractivity contribution in [2.24, 2.45) is 0 Å². The van der Waals surface area contributed by atoms with Crippen LogP contribution in [0, 0.1) is 6.92 Å². The number of rotatable bonds is 6. The fourth-order valence-corrected chi connectivity index (χ4v) is 1.98. The van der Waals surface area contributed by atoms with Crippen molar-refractivity contribution >= 4 is 17.3 Å². The molecule has 0 saturated heterocycles. The summed E-state index contributed by atoms with van der Waals surface area (Å²) in [6.45, 7) is 2.90. The first kappa shape index (κ1) is 14.0. The second-order valence-corrected chi connectivity index (χ2v) is 4.29. The van der Waals surface area contributed by atoms with Crippen LogP contribution >= 0.6 is 11.6 Å². The SMILES string of the molecule is COc1ccc(N(C)CCCCl)c(OC)c1C.